The van der Waals surface area contributed by atoms with Crippen molar-refractivity contribution < 1.29 is 4.42 Å². The summed E-state index contributed by atoms with van der Waals surface area (Å²) in [4.78, 5) is 0. The second-order valence-electron chi connectivity index (χ2n) is 3.38. The Morgan fingerprint density at radius 1 is 1.18 bits per heavy atom. The van der Waals surface area contributed by atoms with Gasteiger partial charge in [-0.2, -0.15) is 10.5 Å². The lowest BCUT2D eigenvalue weighted by molar-refractivity contribution is 0.557. The summed E-state index contributed by atoms with van der Waals surface area (Å²) in [6, 6.07) is 14.6. The van der Waals surface area contributed by atoms with Crippen molar-refractivity contribution in [3.8, 4) is 12.1 Å². The minimum Gasteiger partial charge on any atom is -0.465 e. The maximum atomic E-state index is 9.10. The van der Waals surface area contributed by atoms with Crippen LogP contribution in [0.25, 0.3) is 11.6 Å². The van der Waals surface area contributed by atoms with Crippen LogP contribution in [0.2, 0.25) is 0 Å². The Morgan fingerprint density at radius 3 is 2.71 bits per heavy atom. The molecule has 17 heavy (non-hydrogen) atoms. The molecule has 0 amide bonds. The number of rotatable bonds is 2. The molecule has 0 spiro atoms. The van der Waals surface area contributed by atoms with E-state index in [2.05, 4.69) is 6.07 Å². The number of nitriles is 2. The lowest BCUT2D eigenvalue weighted by Gasteiger charge is -1.98. The first-order valence-corrected chi connectivity index (χ1v) is 4.99. The maximum Gasteiger partial charge on any atom is 0.127 e. The van der Waals surface area contributed by atoms with E-state index >= 15 is 0 Å². The number of allylic oxidation sites excluding steroid dienone is 1. The predicted octanol–water partition coefficient (Wildman–Crippen LogP) is 3.22. The zero-order chi connectivity index (χ0) is 12.1. The summed E-state index contributed by atoms with van der Waals surface area (Å²) in [5.74, 6) is 0.615. The lowest BCUT2D eigenvalue weighted by Crippen LogP contribution is -1.83. The summed E-state index contributed by atoms with van der Waals surface area (Å²) in [5.41, 5.74) is 1.71. The van der Waals surface area contributed by atoms with Gasteiger partial charge < -0.3 is 4.42 Å². The zero-order valence-corrected chi connectivity index (χ0v) is 8.92. The highest BCUT2D eigenvalue weighted by molar-refractivity contribution is 5.88. The first kappa shape index (κ1) is 10.7. The summed E-state index contributed by atoms with van der Waals surface area (Å²) in [7, 11) is 0. The first-order valence-electron chi connectivity index (χ1n) is 4.99. The van der Waals surface area contributed by atoms with Crippen LogP contribution in [0.3, 0.4) is 0 Å². The molecule has 3 heteroatoms. The van der Waals surface area contributed by atoms with Crippen LogP contribution in [0.15, 0.2) is 47.1 Å². The van der Waals surface area contributed by atoms with Gasteiger partial charge in [0, 0.05) is 0 Å². The van der Waals surface area contributed by atoms with Gasteiger partial charge in [0.05, 0.1) is 29.5 Å². The molecule has 0 aliphatic carbocycles. The summed E-state index contributed by atoms with van der Waals surface area (Å²) in [5, 5.41) is 17.9. The van der Waals surface area contributed by atoms with Gasteiger partial charge in [-0.1, -0.05) is 12.1 Å². The molecule has 0 atom stereocenters. The van der Waals surface area contributed by atoms with Crippen molar-refractivity contribution in [1.82, 2.24) is 0 Å². The van der Waals surface area contributed by atoms with Gasteiger partial charge in [-0.3, -0.25) is 0 Å². The van der Waals surface area contributed by atoms with Crippen LogP contribution in [0.1, 0.15) is 16.9 Å². The molecular weight excluding hydrogens is 212 g/mol. The second kappa shape index (κ2) is 4.83. The van der Waals surface area contributed by atoms with Crippen molar-refractivity contribution in [2.45, 2.75) is 0 Å². The number of nitrogens with zero attached hydrogens (tertiary/aromatic N) is 2. The van der Waals surface area contributed by atoms with Gasteiger partial charge in [-0.25, -0.2) is 0 Å². The van der Waals surface area contributed by atoms with E-state index in [0.717, 1.165) is 0 Å². The summed E-state index contributed by atoms with van der Waals surface area (Å²) >= 11 is 0. The molecule has 0 fully saturated rings. The molecule has 0 radical (unpaired) electrons. The number of hydrogen-bond donors (Lipinski definition) is 0. The first-order chi connectivity index (χ1) is 8.33. The molecule has 1 aromatic carbocycles. The van der Waals surface area contributed by atoms with E-state index in [4.69, 9.17) is 14.9 Å². The molecule has 1 heterocycles. The molecule has 0 N–H and O–H groups in total. The van der Waals surface area contributed by atoms with E-state index in [9.17, 15) is 0 Å². The highest BCUT2D eigenvalue weighted by Crippen LogP contribution is 2.18. The van der Waals surface area contributed by atoms with Crippen LogP contribution in [0.5, 0.6) is 0 Å². The van der Waals surface area contributed by atoms with Crippen LogP contribution in [-0.2, 0) is 0 Å². The molecular formula is C14H8N2O. The Hall–Kier alpha value is -2.78. The predicted molar refractivity (Wildman–Crippen MR) is 63.3 cm³/mol. The number of benzene rings is 1. The van der Waals surface area contributed by atoms with Crippen molar-refractivity contribution in [3.63, 3.8) is 0 Å². The minimum absolute atomic E-state index is 0.469. The fourth-order valence-corrected chi connectivity index (χ4v) is 1.45. The van der Waals surface area contributed by atoms with Gasteiger partial charge in [-0.15, -0.1) is 0 Å². The van der Waals surface area contributed by atoms with Gasteiger partial charge in [0.2, 0.25) is 0 Å². The minimum atomic E-state index is 0.469. The highest BCUT2D eigenvalue weighted by atomic mass is 16.3. The van der Waals surface area contributed by atoms with Gasteiger partial charge in [0.15, 0.2) is 0 Å². The molecule has 80 valence electrons. The van der Waals surface area contributed by atoms with Crippen molar-refractivity contribution in [2.75, 3.05) is 0 Å². The SMILES string of the molecule is N#C/C(=C/c1ccco1)c1cccc(C#N)c1. The third-order valence-electron chi connectivity index (χ3n) is 2.25. The van der Waals surface area contributed by atoms with E-state index in [1.807, 2.05) is 6.07 Å². The van der Waals surface area contributed by atoms with Crippen LogP contribution in [0.4, 0.5) is 0 Å². The third-order valence-corrected chi connectivity index (χ3v) is 2.25. The summed E-state index contributed by atoms with van der Waals surface area (Å²) in [6.45, 7) is 0. The van der Waals surface area contributed by atoms with Gasteiger partial charge in [0.25, 0.3) is 0 Å². The number of furan rings is 1. The van der Waals surface area contributed by atoms with E-state index in [-0.39, 0.29) is 0 Å². The Balaban J connectivity index is 2.44. The molecule has 3 nitrogen and oxygen atoms in total. The molecule has 0 bridgehead atoms. The topological polar surface area (TPSA) is 60.7 Å². The lowest BCUT2D eigenvalue weighted by atomic mass is 10.0. The average molecular weight is 220 g/mol. The zero-order valence-electron chi connectivity index (χ0n) is 8.92. The van der Waals surface area contributed by atoms with Crippen LogP contribution >= 0.6 is 0 Å². The average Bonchev–Trinajstić information content (AvgIpc) is 2.89. The van der Waals surface area contributed by atoms with Crippen molar-refractivity contribution in [3.05, 3.63) is 59.5 Å². The molecule has 0 saturated heterocycles. The van der Waals surface area contributed by atoms with Gasteiger partial charge in [0.1, 0.15) is 5.76 Å². The molecule has 2 aromatic rings. The second-order valence-corrected chi connectivity index (χ2v) is 3.38. The van der Waals surface area contributed by atoms with E-state index in [0.29, 0.717) is 22.5 Å². The monoisotopic (exact) mass is 220 g/mol. The Kier molecular flexibility index (Phi) is 3.05. The largest absolute Gasteiger partial charge is 0.465 e. The van der Waals surface area contributed by atoms with Crippen LogP contribution < -0.4 is 0 Å². The van der Waals surface area contributed by atoms with Crippen molar-refractivity contribution >= 4 is 11.6 Å². The van der Waals surface area contributed by atoms with E-state index in [1.165, 1.54) is 0 Å². The molecule has 1 aromatic heterocycles. The molecule has 0 saturated carbocycles. The van der Waals surface area contributed by atoms with Gasteiger partial charge in [-0.05, 0) is 35.9 Å². The van der Waals surface area contributed by atoms with Crippen molar-refractivity contribution in [2.24, 2.45) is 0 Å². The maximum absolute atomic E-state index is 9.10. The molecule has 0 aliphatic heterocycles. The van der Waals surface area contributed by atoms with Gasteiger partial charge >= 0.3 is 0 Å². The normalized spacial score (nSPS) is 10.6. The Labute approximate surface area is 98.8 Å². The number of hydrogen-bond acceptors (Lipinski definition) is 3. The van der Waals surface area contributed by atoms with Crippen LogP contribution in [-0.4, -0.2) is 0 Å². The Morgan fingerprint density at radius 2 is 2.06 bits per heavy atom. The summed E-state index contributed by atoms with van der Waals surface area (Å²) in [6.07, 6.45) is 3.20. The van der Waals surface area contributed by atoms with Crippen LogP contribution in [0, 0.1) is 22.7 Å². The van der Waals surface area contributed by atoms with Crippen molar-refractivity contribution in [1.29, 1.82) is 10.5 Å². The molecule has 2 rings (SSSR count). The molecule has 0 aliphatic rings. The fourth-order valence-electron chi connectivity index (χ4n) is 1.45. The van der Waals surface area contributed by atoms with E-state index in [1.54, 1.807) is 48.7 Å². The Bertz CT molecular complexity index is 625. The fraction of sp³-hybridized carbons (Fsp3) is 0. The quantitative estimate of drug-likeness (QED) is 0.730. The third kappa shape index (κ3) is 2.42. The summed E-state index contributed by atoms with van der Waals surface area (Å²) < 4.78 is 5.15. The standard InChI is InChI=1S/C14H8N2O/c15-9-11-3-1-4-12(7-11)13(10-16)8-14-5-2-6-17-14/h1-8H/b13-8-. The smallest absolute Gasteiger partial charge is 0.127 e. The van der Waals surface area contributed by atoms with E-state index < -0.39 is 0 Å². The molecule has 0 unspecified atom stereocenters. The highest BCUT2D eigenvalue weighted by Gasteiger charge is 2.03.